The Morgan fingerprint density at radius 2 is 1.65 bits per heavy atom. The normalized spacial score (nSPS) is 11.3. The summed E-state index contributed by atoms with van der Waals surface area (Å²) in [5.41, 5.74) is 1.25. The summed E-state index contributed by atoms with van der Waals surface area (Å²) in [6.45, 7) is 0. The Morgan fingerprint density at radius 3 is 2.25 bits per heavy atom. The highest BCUT2D eigenvalue weighted by atomic mass is 35.5. The van der Waals surface area contributed by atoms with Crippen LogP contribution in [0.3, 0.4) is 0 Å². The standard InChI is InChI=1S/C13H10Cl3NO2S/c14-8-9-2-1-3-12(4-9)17-20(18,19)13-6-10(15)5-11(16)7-13/h1-7,17H,8H2. The van der Waals surface area contributed by atoms with E-state index >= 15 is 0 Å². The van der Waals surface area contributed by atoms with Crippen LogP contribution >= 0.6 is 34.8 Å². The minimum Gasteiger partial charge on any atom is -0.280 e. The fraction of sp³-hybridized carbons (Fsp3) is 0.0769. The first-order valence-electron chi connectivity index (χ1n) is 5.54. The molecule has 0 aromatic heterocycles. The Morgan fingerprint density at radius 1 is 1.00 bits per heavy atom. The lowest BCUT2D eigenvalue weighted by Gasteiger charge is -2.09. The third-order valence-electron chi connectivity index (χ3n) is 2.48. The van der Waals surface area contributed by atoms with Gasteiger partial charge in [0.2, 0.25) is 0 Å². The van der Waals surface area contributed by atoms with Crippen LogP contribution in [0, 0.1) is 0 Å². The second-order valence-corrected chi connectivity index (χ2v) is 6.87. The van der Waals surface area contributed by atoms with Crippen molar-refractivity contribution in [1.82, 2.24) is 0 Å². The molecule has 0 saturated heterocycles. The van der Waals surface area contributed by atoms with Gasteiger partial charge in [-0.05, 0) is 35.9 Å². The summed E-state index contributed by atoms with van der Waals surface area (Å²) in [7, 11) is -3.75. The molecule has 0 unspecified atom stereocenters. The van der Waals surface area contributed by atoms with Crippen molar-refractivity contribution in [3.05, 3.63) is 58.1 Å². The molecule has 0 amide bonds. The zero-order valence-corrected chi connectivity index (χ0v) is 13.2. The van der Waals surface area contributed by atoms with Gasteiger partial charge in [0.15, 0.2) is 0 Å². The molecule has 0 aliphatic rings. The van der Waals surface area contributed by atoms with Crippen LogP contribution in [0.5, 0.6) is 0 Å². The third-order valence-corrected chi connectivity index (χ3v) is 4.59. The molecule has 0 radical (unpaired) electrons. The maximum absolute atomic E-state index is 12.2. The van der Waals surface area contributed by atoms with Gasteiger partial charge in [0, 0.05) is 21.6 Å². The van der Waals surface area contributed by atoms with Crippen molar-refractivity contribution >= 4 is 50.5 Å². The first-order chi connectivity index (χ1) is 9.40. The highest BCUT2D eigenvalue weighted by Gasteiger charge is 2.15. The zero-order chi connectivity index (χ0) is 14.8. The molecule has 0 aliphatic carbocycles. The Labute approximate surface area is 132 Å². The van der Waals surface area contributed by atoms with E-state index in [9.17, 15) is 8.42 Å². The van der Waals surface area contributed by atoms with Crippen molar-refractivity contribution in [1.29, 1.82) is 0 Å². The molecule has 0 bridgehead atoms. The Bertz CT molecular complexity index is 712. The van der Waals surface area contributed by atoms with Gasteiger partial charge in [-0.3, -0.25) is 4.72 Å². The maximum Gasteiger partial charge on any atom is 0.261 e. The second kappa shape index (κ2) is 6.22. The highest BCUT2D eigenvalue weighted by Crippen LogP contribution is 2.24. The van der Waals surface area contributed by atoms with E-state index in [0.29, 0.717) is 11.6 Å². The fourth-order valence-corrected chi connectivity index (χ4v) is 3.56. The summed E-state index contributed by atoms with van der Waals surface area (Å²) < 4.78 is 26.9. The van der Waals surface area contributed by atoms with Gasteiger partial charge in [-0.25, -0.2) is 8.42 Å². The molecule has 3 nitrogen and oxygen atoms in total. The number of rotatable bonds is 4. The molecule has 2 aromatic rings. The summed E-state index contributed by atoms with van der Waals surface area (Å²) in [6.07, 6.45) is 0. The molecule has 0 heterocycles. The summed E-state index contributed by atoms with van der Waals surface area (Å²) in [5, 5.41) is 0.514. The SMILES string of the molecule is O=S(=O)(Nc1cccc(CCl)c1)c1cc(Cl)cc(Cl)c1. The van der Waals surface area contributed by atoms with E-state index in [0.717, 1.165) is 5.56 Å². The van der Waals surface area contributed by atoms with Crippen LogP contribution in [0.4, 0.5) is 5.69 Å². The number of benzene rings is 2. The number of anilines is 1. The van der Waals surface area contributed by atoms with Gasteiger partial charge in [-0.15, -0.1) is 11.6 Å². The van der Waals surface area contributed by atoms with Crippen LogP contribution in [0.15, 0.2) is 47.4 Å². The van der Waals surface area contributed by atoms with Crippen LogP contribution < -0.4 is 4.72 Å². The van der Waals surface area contributed by atoms with E-state index in [4.69, 9.17) is 34.8 Å². The molecule has 0 atom stereocenters. The Balaban J connectivity index is 2.35. The lowest BCUT2D eigenvalue weighted by Crippen LogP contribution is -2.13. The second-order valence-electron chi connectivity index (χ2n) is 4.04. The molecular formula is C13H10Cl3NO2S. The van der Waals surface area contributed by atoms with Crippen LogP contribution in [0.25, 0.3) is 0 Å². The number of hydrogen-bond donors (Lipinski definition) is 1. The lowest BCUT2D eigenvalue weighted by molar-refractivity contribution is 0.601. The number of nitrogens with one attached hydrogen (secondary N) is 1. The minimum absolute atomic E-state index is 0.00581. The van der Waals surface area contributed by atoms with Gasteiger partial charge in [-0.1, -0.05) is 35.3 Å². The molecule has 7 heteroatoms. The van der Waals surface area contributed by atoms with Gasteiger partial charge in [0.05, 0.1) is 4.90 Å². The molecule has 20 heavy (non-hydrogen) atoms. The minimum atomic E-state index is -3.75. The van der Waals surface area contributed by atoms with Gasteiger partial charge in [0.1, 0.15) is 0 Å². The summed E-state index contributed by atoms with van der Waals surface area (Å²) >= 11 is 17.3. The van der Waals surface area contributed by atoms with Crippen molar-refractivity contribution in [2.75, 3.05) is 4.72 Å². The van der Waals surface area contributed by atoms with Crippen LogP contribution in [-0.2, 0) is 15.9 Å². The van der Waals surface area contributed by atoms with Crippen molar-refractivity contribution in [2.24, 2.45) is 0 Å². The largest absolute Gasteiger partial charge is 0.280 e. The van der Waals surface area contributed by atoms with Gasteiger partial charge in [0.25, 0.3) is 10.0 Å². The number of alkyl halides is 1. The lowest BCUT2D eigenvalue weighted by atomic mass is 10.2. The fourth-order valence-electron chi connectivity index (χ4n) is 1.62. The van der Waals surface area contributed by atoms with E-state index in [1.807, 2.05) is 0 Å². The molecular weight excluding hydrogens is 341 g/mol. The summed E-state index contributed by atoms with van der Waals surface area (Å²) in [6, 6.07) is 11.0. The number of halogens is 3. The van der Waals surface area contributed by atoms with Gasteiger partial charge < -0.3 is 0 Å². The van der Waals surface area contributed by atoms with Crippen LogP contribution in [0.1, 0.15) is 5.56 Å². The molecule has 2 rings (SSSR count). The van der Waals surface area contributed by atoms with Gasteiger partial charge in [-0.2, -0.15) is 0 Å². The quantitative estimate of drug-likeness (QED) is 0.823. The molecule has 0 fully saturated rings. The molecule has 2 aromatic carbocycles. The summed E-state index contributed by atoms with van der Waals surface area (Å²) in [4.78, 5) is 0.00581. The van der Waals surface area contributed by atoms with E-state index in [2.05, 4.69) is 4.72 Å². The molecule has 1 N–H and O–H groups in total. The van der Waals surface area contributed by atoms with E-state index in [1.54, 1.807) is 24.3 Å². The van der Waals surface area contributed by atoms with Gasteiger partial charge >= 0.3 is 0 Å². The topological polar surface area (TPSA) is 46.2 Å². The Hall–Kier alpha value is -0.940. The average molecular weight is 351 g/mol. The van der Waals surface area contributed by atoms with Crippen molar-refractivity contribution in [3.8, 4) is 0 Å². The van der Waals surface area contributed by atoms with Crippen LogP contribution in [-0.4, -0.2) is 8.42 Å². The van der Waals surface area contributed by atoms with E-state index in [1.165, 1.54) is 18.2 Å². The summed E-state index contributed by atoms with van der Waals surface area (Å²) in [5.74, 6) is 0.304. The first-order valence-corrected chi connectivity index (χ1v) is 8.32. The predicted octanol–water partition coefficient (Wildman–Crippen LogP) is 4.53. The van der Waals surface area contributed by atoms with Crippen molar-refractivity contribution in [3.63, 3.8) is 0 Å². The molecule has 0 spiro atoms. The number of hydrogen-bond acceptors (Lipinski definition) is 2. The first kappa shape index (κ1) is 15.4. The average Bonchev–Trinajstić information content (AvgIpc) is 2.37. The maximum atomic E-state index is 12.2. The third kappa shape index (κ3) is 3.79. The number of sulfonamides is 1. The van der Waals surface area contributed by atoms with Crippen LogP contribution in [0.2, 0.25) is 10.0 Å². The monoisotopic (exact) mass is 349 g/mol. The predicted molar refractivity (Wildman–Crippen MR) is 83.3 cm³/mol. The molecule has 106 valence electrons. The molecule has 0 saturated carbocycles. The van der Waals surface area contributed by atoms with Crippen molar-refractivity contribution < 1.29 is 8.42 Å². The smallest absolute Gasteiger partial charge is 0.261 e. The molecule has 0 aliphatic heterocycles. The van der Waals surface area contributed by atoms with Crippen molar-refractivity contribution in [2.45, 2.75) is 10.8 Å². The highest BCUT2D eigenvalue weighted by molar-refractivity contribution is 7.92. The Kier molecular flexibility index (Phi) is 4.81. The zero-order valence-electron chi connectivity index (χ0n) is 10.1. The van der Waals surface area contributed by atoms with E-state index < -0.39 is 10.0 Å². The van der Waals surface area contributed by atoms with E-state index in [-0.39, 0.29) is 14.9 Å².